The van der Waals surface area contributed by atoms with Gasteiger partial charge in [0.2, 0.25) is 5.91 Å². The third-order valence-electron chi connectivity index (χ3n) is 3.96. The van der Waals surface area contributed by atoms with Crippen LogP contribution in [0.15, 0.2) is 58.5 Å². The largest absolute Gasteiger partial charge is 0.492 e. The first-order valence-electron chi connectivity index (χ1n) is 8.93. The molecule has 2 aromatic carbocycles. The highest BCUT2D eigenvalue weighted by molar-refractivity contribution is 7.99. The number of fused-ring (bicyclic) bond motifs is 1. The molecule has 8 nitrogen and oxygen atoms in total. The number of para-hydroxylation sites is 3. The summed E-state index contributed by atoms with van der Waals surface area (Å²) in [7, 11) is 1.42. The van der Waals surface area contributed by atoms with Crippen LogP contribution in [0.3, 0.4) is 0 Å². The number of imide groups is 1. The van der Waals surface area contributed by atoms with Gasteiger partial charge in [-0.1, -0.05) is 36.0 Å². The molecule has 0 saturated heterocycles. The summed E-state index contributed by atoms with van der Waals surface area (Å²) >= 11 is 1.06. The SMILES string of the molecule is CCOc1ccccc1-n1c(SCC(=O)NC(=O)NC)nc2ccccc2c1=O. The molecule has 0 atom stereocenters. The normalized spacial score (nSPS) is 10.6. The summed E-state index contributed by atoms with van der Waals surface area (Å²) in [6.45, 7) is 2.29. The van der Waals surface area contributed by atoms with Crippen molar-refractivity contribution in [1.29, 1.82) is 0 Å². The predicted octanol–water partition coefficient (Wildman–Crippen LogP) is 2.33. The van der Waals surface area contributed by atoms with Crippen LogP contribution in [-0.4, -0.2) is 40.9 Å². The van der Waals surface area contributed by atoms with Crippen molar-refractivity contribution in [3.05, 3.63) is 58.9 Å². The van der Waals surface area contributed by atoms with Gasteiger partial charge in [0.15, 0.2) is 5.16 Å². The average Bonchev–Trinajstić information content (AvgIpc) is 2.73. The van der Waals surface area contributed by atoms with Gasteiger partial charge in [0.1, 0.15) is 5.75 Å². The molecule has 3 rings (SSSR count). The van der Waals surface area contributed by atoms with E-state index in [1.165, 1.54) is 11.6 Å². The second kappa shape index (κ2) is 9.24. The van der Waals surface area contributed by atoms with E-state index in [1.807, 2.05) is 13.0 Å². The Morgan fingerprint density at radius 1 is 1.14 bits per heavy atom. The third kappa shape index (κ3) is 4.57. The third-order valence-corrected chi connectivity index (χ3v) is 4.90. The second-order valence-electron chi connectivity index (χ2n) is 5.87. The lowest BCUT2D eigenvalue weighted by Crippen LogP contribution is -2.38. The van der Waals surface area contributed by atoms with Crippen molar-refractivity contribution in [1.82, 2.24) is 20.2 Å². The zero-order valence-corrected chi connectivity index (χ0v) is 16.8. The van der Waals surface area contributed by atoms with E-state index >= 15 is 0 Å². The number of hydrogen-bond acceptors (Lipinski definition) is 6. The van der Waals surface area contributed by atoms with Crippen molar-refractivity contribution in [2.24, 2.45) is 0 Å². The number of carbonyl (C=O) groups excluding carboxylic acids is 2. The molecule has 0 fully saturated rings. The number of hydrogen-bond donors (Lipinski definition) is 2. The lowest BCUT2D eigenvalue weighted by Gasteiger charge is -2.16. The topological polar surface area (TPSA) is 102 Å². The molecule has 150 valence electrons. The lowest BCUT2D eigenvalue weighted by molar-refractivity contribution is -0.117. The van der Waals surface area contributed by atoms with Gasteiger partial charge in [-0.3, -0.25) is 19.5 Å². The van der Waals surface area contributed by atoms with Gasteiger partial charge >= 0.3 is 6.03 Å². The molecule has 0 aliphatic rings. The number of rotatable bonds is 6. The molecule has 3 aromatic rings. The van der Waals surface area contributed by atoms with Gasteiger partial charge in [0.25, 0.3) is 5.56 Å². The zero-order chi connectivity index (χ0) is 20.8. The minimum atomic E-state index is -0.596. The maximum absolute atomic E-state index is 13.3. The summed E-state index contributed by atoms with van der Waals surface area (Å²) in [5.41, 5.74) is 0.792. The summed E-state index contributed by atoms with van der Waals surface area (Å²) in [4.78, 5) is 41.2. The van der Waals surface area contributed by atoms with Crippen molar-refractivity contribution in [2.45, 2.75) is 12.1 Å². The van der Waals surface area contributed by atoms with Gasteiger partial charge in [0.05, 0.1) is 29.0 Å². The number of urea groups is 1. The van der Waals surface area contributed by atoms with Gasteiger partial charge in [-0.25, -0.2) is 9.78 Å². The van der Waals surface area contributed by atoms with Crippen molar-refractivity contribution in [3.8, 4) is 11.4 Å². The Kier molecular flexibility index (Phi) is 6.50. The number of nitrogens with one attached hydrogen (secondary N) is 2. The summed E-state index contributed by atoms with van der Waals surface area (Å²) in [6, 6.07) is 13.6. The number of ether oxygens (including phenoxy) is 1. The van der Waals surface area contributed by atoms with E-state index in [0.717, 1.165) is 11.8 Å². The summed E-state index contributed by atoms with van der Waals surface area (Å²) in [5.74, 6) is -0.0538. The Labute approximate surface area is 171 Å². The molecule has 0 saturated carbocycles. The maximum atomic E-state index is 13.3. The standard InChI is InChI=1S/C20H20N4O4S/c1-3-28-16-11-7-6-10-15(16)24-18(26)13-8-4-5-9-14(13)22-20(24)29-12-17(25)23-19(27)21-2/h4-11H,3,12H2,1-2H3,(H2,21,23,25,27). The molecule has 1 heterocycles. The molecule has 3 amide bonds. The molecular weight excluding hydrogens is 392 g/mol. The number of thioether (sulfide) groups is 1. The van der Waals surface area contributed by atoms with E-state index < -0.39 is 11.9 Å². The Balaban J connectivity index is 2.09. The van der Waals surface area contributed by atoms with Gasteiger partial charge in [0, 0.05) is 7.05 Å². The molecule has 0 radical (unpaired) electrons. The minimum absolute atomic E-state index is 0.0883. The van der Waals surface area contributed by atoms with E-state index in [1.54, 1.807) is 42.5 Å². The van der Waals surface area contributed by atoms with Crippen LogP contribution in [0.2, 0.25) is 0 Å². The van der Waals surface area contributed by atoms with Crippen LogP contribution in [0.25, 0.3) is 16.6 Å². The lowest BCUT2D eigenvalue weighted by atomic mass is 10.2. The Morgan fingerprint density at radius 3 is 2.62 bits per heavy atom. The molecular formula is C20H20N4O4S. The summed E-state index contributed by atoms with van der Waals surface area (Å²) in [5, 5.41) is 5.29. The number of aromatic nitrogens is 2. The highest BCUT2D eigenvalue weighted by atomic mass is 32.2. The van der Waals surface area contributed by atoms with Gasteiger partial charge in [-0.2, -0.15) is 0 Å². The van der Waals surface area contributed by atoms with E-state index in [-0.39, 0.29) is 11.3 Å². The first kappa shape index (κ1) is 20.4. The minimum Gasteiger partial charge on any atom is -0.492 e. The Bertz CT molecular complexity index is 1110. The Morgan fingerprint density at radius 2 is 1.86 bits per heavy atom. The zero-order valence-electron chi connectivity index (χ0n) is 16.0. The number of benzene rings is 2. The second-order valence-corrected chi connectivity index (χ2v) is 6.81. The number of amides is 3. The molecule has 9 heteroatoms. The van der Waals surface area contributed by atoms with Crippen LogP contribution in [-0.2, 0) is 4.79 Å². The molecule has 0 aliphatic carbocycles. The van der Waals surface area contributed by atoms with Crippen molar-refractivity contribution < 1.29 is 14.3 Å². The van der Waals surface area contributed by atoms with Crippen molar-refractivity contribution in [3.63, 3.8) is 0 Å². The number of carbonyl (C=O) groups is 2. The molecule has 1 aromatic heterocycles. The van der Waals surface area contributed by atoms with Crippen LogP contribution < -0.4 is 20.9 Å². The van der Waals surface area contributed by atoms with Crippen molar-refractivity contribution in [2.75, 3.05) is 19.4 Å². The van der Waals surface area contributed by atoms with Gasteiger partial charge in [-0.15, -0.1) is 0 Å². The molecule has 0 spiro atoms. The fourth-order valence-electron chi connectivity index (χ4n) is 2.70. The van der Waals surface area contributed by atoms with Gasteiger partial charge < -0.3 is 10.1 Å². The number of nitrogens with zero attached hydrogens (tertiary/aromatic N) is 2. The molecule has 0 unspecified atom stereocenters. The molecule has 0 bridgehead atoms. The van der Waals surface area contributed by atoms with Gasteiger partial charge in [-0.05, 0) is 31.2 Å². The fraction of sp³-hybridized carbons (Fsp3) is 0.200. The quantitative estimate of drug-likeness (QED) is 0.476. The first-order valence-corrected chi connectivity index (χ1v) is 9.92. The molecule has 0 aliphatic heterocycles. The van der Waals surface area contributed by atoms with Crippen LogP contribution in [0.4, 0.5) is 4.79 Å². The monoisotopic (exact) mass is 412 g/mol. The van der Waals surface area contributed by atoms with Crippen LogP contribution >= 0.6 is 11.8 Å². The maximum Gasteiger partial charge on any atom is 0.321 e. The summed E-state index contributed by atoms with van der Waals surface area (Å²) in [6.07, 6.45) is 0. The van der Waals surface area contributed by atoms with E-state index in [2.05, 4.69) is 15.6 Å². The smallest absolute Gasteiger partial charge is 0.321 e. The summed E-state index contributed by atoms with van der Waals surface area (Å²) < 4.78 is 7.11. The first-order chi connectivity index (χ1) is 14.0. The molecule has 29 heavy (non-hydrogen) atoms. The van der Waals surface area contributed by atoms with Crippen LogP contribution in [0.1, 0.15) is 6.92 Å². The highest BCUT2D eigenvalue weighted by Gasteiger charge is 2.17. The van der Waals surface area contributed by atoms with Crippen molar-refractivity contribution >= 4 is 34.6 Å². The van der Waals surface area contributed by atoms with E-state index in [4.69, 9.17) is 4.74 Å². The average molecular weight is 412 g/mol. The predicted molar refractivity (Wildman–Crippen MR) is 112 cm³/mol. The van der Waals surface area contributed by atoms with E-state index in [9.17, 15) is 14.4 Å². The fourth-order valence-corrected chi connectivity index (χ4v) is 3.50. The molecule has 2 N–H and O–H groups in total. The highest BCUT2D eigenvalue weighted by Crippen LogP contribution is 2.27. The van der Waals surface area contributed by atoms with Crippen LogP contribution in [0.5, 0.6) is 5.75 Å². The van der Waals surface area contributed by atoms with Crippen LogP contribution in [0, 0.1) is 0 Å². The van der Waals surface area contributed by atoms with E-state index in [0.29, 0.717) is 34.1 Å². The Hall–Kier alpha value is -3.33.